The predicted octanol–water partition coefficient (Wildman–Crippen LogP) is 4.07. The molecule has 0 fully saturated rings. The zero-order chi connectivity index (χ0) is 15.0. The van der Waals surface area contributed by atoms with Gasteiger partial charge < -0.3 is 4.57 Å². The van der Waals surface area contributed by atoms with E-state index in [0.29, 0.717) is 24.1 Å². The van der Waals surface area contributed by atoms with Gasteiger partial charge in [-0.15, -0.1) is 0 Å². The minimum Gasteiger partial charge on any atom is -0.349 e. The number of nitrogens with zero attached hydrogens (tertiary/aromatic N) is 1. The maximum absolute atomic E-state index is 12.7. The molecule has 0 amide bonds. The molecule has 0 saturated carbocycles. The number of hydrogen-bond acceptors (Lipinski definition) is 1. The van der Waals surface area contributed by atoms with Crippen molar-refractivity contribution in [2.75, 3.05) is 0 Å². The number of hydrogen-bond donors (Lipinski definition) is 0. The van der Waals surface area contributed by atoms with Crippen LogP contribution in [0, 0.1) is 0 Å². The van der Waals surface area contributed by atoms with Crippen molar-refractivity contribution in [3.8, 4) is 0 Å². The van der Waals surface area contributed by atoms with Crippen LogP contribution < -0.4 is 0 Å². The van der Waals surface area contributed by atoms with Gasteiger partial charge in [0.05, 0.1) is 5.56 Å². The molecule has 0 N–H and O–H groups in total. The Morgan fingerprint density at radius 3 is 2.67 bits per heavy atom. The van der Waals surface area contributed by atoms with Gasteiger partial charge in [0.1, 0.15) is 0 Å². The van der Waals surface area contributed by atoms with Crippen molar-refractivity contribution in [1.82, 2.24) is 4.57 Å². The summed E-state index contributed by atoms with van der Waals surface area (Å²) in [5.41, 5.74) is 1.64. The summed E-state index contributed by atoms with van der Waals surface area (Å²) in [6, 6.07) is 5.29. The predicted molar refractivity (Wildman–Crippen MR) is 72.2 cm³/mol. The maximum Gasteiger partial charge on any atom is 0.416 e. The fourth-order valence-corrected chi connectivity index (χ4v) is 2.73. The van der Waals surface area contributed by atoms with E-state index in [-0.39, 0.29) is 5.78 Å². The number of carbonyl (C=O) groups excluding carboxylic acids is 1. The number of halogens is 3. The third kappa shape index (κ3) is 2.86. The Kier molecular flexibility index (Phi) is 3.35. The topological polar surface area (TPSA) is 22.0 Å². The van der Waals surface area contributed by atoms with Crippen LogP contribution in [0.1, 0.15) is 39.9 Å². The van der Waals surface area contributed by atoms with Gasteiger partial charge in [-0.1, -0.05) is 12.1 Å². The highest BCUT2D eigenvalue weighted by Crippen LogP contribution is 2.30. The highest BCUT2D eigenvalue weighted by molar-refractivity contribution is 5.98. The van der Waals surface area contributed by atoms with Crippen molar-refractivity contribution in [2.45, 2.75) is 32.0 Å². The Bertz CT molecular complexity index is 685. The van der Waals surface area contributed by atoms with Crippen molar-refractivity contribution in [3.63, 3.8) is 0 Å². The second kappa shape index (κ2) is 5.06. The van der Waals surface area contributed by atoms with E-state index in [2.05, 4.69) is 0 Å². The van der Waals surface area contributed by atoms with Crippen LogP contribution in [0.3, 0.4) is 0 Å². The zero-order valence-corrected chi connectivity index (χ0v) is 11.3. The number of carbonyl (C=O) groups is 1. The smallest absolute Gasteiger partial charge is 0.349 e. The number of aryl methyl sites for hydroxylation is 1. The number of ketones is 1. The molecular formula is C16H14F3NO. The number of benzene rings is 1. The van der Waals surface area contributed by atoms with Gasteiger partial charge in [0.15, 0.2) is 5.78 Å². The molecule has 110 valence electrons. The van der Waals surface area contributed by atoms with E-state index >= 15 is 0 Å². The van der Waals surface area contributed by atoms with E-state index in [0.717, 1.165) is 30.5 Å². The van der Waals surface area contributed by atoms with Gasteiger partial charge in [-0.3, -0.25) is 4.79 Å². The molecule has 21 heavy (non-hydrogen) atoms. The molecule has 0 atom stereocenters. The first kappa shape index (κ1) is 13.9. The second-order valence-electron chi connectivity index (χ2n) is 5.34. The molecule has 0 aliphatic heterocycles. The lowest BCUT2D eigenvalue weighted by molar-refractivity contribution is -0.137. The van der Waals surface area contributed by atoms with Crippen molar-refractivity contribution in [1.29, 1.82) is 0 Å². The largest absolute Gasteiger partial charge is 0.416 e. The lowest BCUT2D eigenvalue weighted by atomic mass is 9.95. The standard InChI is InChI=1S/C16H14F3NO/c17-16(18,19)13-5-1-3-11(7-13)8-20-9-12-4-2-6-15(21)14(12)10-20/h1,3,5,7,9-10H,2,4,6,8H2. The summed E-state index contributed by atoms with van der Waals surface area (Å²) in [6.07, 6.45) is 1.54. The molecule has 0 saturated heterocycles. The van der Waals surface area contributed by atoms with Crippen LogP contribution in [0.5, 0.6) is 0 Å². The van der Waals surface area contributed by atoms with Crippen LogP contribution in [-0.2, 0) is 19.1 Å². The third-order valence-electron chi connectivity index (χ3n) is 3.73. The average Bonchev–Trinajstić information content (AvgIpc) is 2.82. The summed E-state index contributed by atoms with van der Waals surface area (Å²) < 4.78 is 39.9. The Morgan fingerprint density at radius 1 is 1.14 bits per heavy atom. The highest BCUT2D eigenvalue weighted by Gasteiger charge is 2.30. The monoisotopic (exact) mass is 293 g/mol. The van der Waals surface area contributed by atoms with Crippen LogP contribution in [-0.4, -0.2) is 10.4 Å². The van der Waals surface area contributed by atoms with E-state index in [1.54, 1.807) is 16.8 Å². The first-order valence-electron chi connectivity index (χ1n) is 6.81. The fourth-order valence-electron chi connectivity index (χ4n) is 2.73. The molecule has 0 bridgehead atoms. The molecule has 1 aromatic heterocycles. The van der Waals surface area contributed by atoms with Crippen LogP contribution in [0.25, 0.3) is 0 Å². The van der Waals surface area contributed by atoms with Gasteiger partial charge in [0.2, 0.25) is 0 Å². The molecule has 1 aliphatic carbocycles. The van der Waals surface area contributed by atoms with Gasteiger partial charge in [-0.2, -0.15) is 13.2 Å². The van der Waals surface area contributed by atoms with Crippen LogP contribution in [0.2, 0.25) is 0 Å². The Hall–Kier alpha value is -2.04. The number of rotatable bonds is 2. The third-order valence-corrected chi connectivity index (χ3v) is 3.73. The quantitative estimate of drug-likeness (QED) is 0.818. The second-order valence-corrected chi connectivity index (χ2v) is 5.34. The van der Waals surface area contributed by atoms with Gasteiger partial charge in [-0.25, -0.2) is 0 Å². The zero-order valence-electron chi connectivity index (χ0n) is 11.3. The number of alkyl halides is 3. The molecular weight excluding hydrogens is 279 g/mol. The van der Waals surface area contributed by atoms with Crippen LogP contribution in [0.4, 0.5) is 13.2 Å². The highest BCUT2D eigenvalue weighted by atomic mass is 19.4. The van der Waals surface area contributed by atoms with Gasteiger partial charge in [-0.05, 0) is 36.1 Å². The molecule has 1 aliphatic rings. The number of aromatic nitrogens is 1. The van der Waals surface area contributed by atoms with E-state index in [1.807, 2.05) is 6.20 Å². The van der Waals surface area contributed by atoms with Crippen LogP contribution >= 0.6 is 0 Å². The van der Waals surface area contributed by atoms with E-state index in [1.165, 1.54) is 6.07 Å². The lowest BCUT2D eigenvalue weighted by Crippen LogP contribution is -2.07. The number of fused-ring (bicyclic) bond motifs is 1. The molecule has 3 rings (SSSR count). The minimum atomic E-state index is -4.33. The summed E-state index contributed by atoms with van der Waals surface area (Å²) in [6.45, 7) is 0.337. The average molecular weight is 293 g/mol. The summed E-state index contributed by atoms with van der Waals surface area (Å²) >= 11 is 0. The normalized spacial score (nSPS) is 15.1. The Labute approximate surface area is 120 Å². The summed E-state index contributed by atoms with van der Waals surface area (Å²) in [4.78, 5) is 11.8. The van der Waals surface area contributed by atoms with Crippen LogP contribution in [0.15, 0.2) is 36.7 Å². The van der Waals surface area contributed by atoms with Crippen molar-refractivity contribution in [2.24, 2.45) is 0 Å². The summed E-state index contributed by atoms with van der Waals surface area (Å²) in [7, 11) is 0. The van der Waals surface area contributed by atoms with Gasteiger partial charge in [0.25, 0.3) is 0 Å². The summed E-state index contributed by atoms with van der Waals surface area (Å²) in [5.74, 6) is 0.124. The number of Topliss-reactive ketones (excluding diaryl/α,β-unsaturated/α-hetero) is 1. The minimum absolute atomic E-state index is 0.124. The molecule has 2 aromatic rings. The lowest BCUT2D eigenvalue weighted by Gasteiger charge is -2.09. The van der Waals surface area contributed by atoms with Gasteiger partial charge in [0, 0.05) is 30.9 Å². The molecule has 2 nitrogen and oxygen atoms in total. The van der Waals surface area contributed by atoms with Crippen molar-refractivity contribution >= 4 is 5.78 Å². The van der Waals surface area contributed by atoms with E-state index in [9.17, 15) is 18.0 Å². The van der Waals surface area contributed by atoms with E-state index < -0.39 is 11.7 Å². The maximum atomic E-state index is 12.7. The summed E-state index contributed by atoms with van der Waals surface area (Å²) in [5, 5.41) is 0. The van der Waals surface area contributed by atoms with Crippen molar-refractivity contribution in [3.05, 3.63) is 58.9 Å². The van der Waals surface area contributed by atoms with Crippen molar-refractivity contribution < 1.29 is 18.0 Å². The fraction of sp³-hybridized carbons (Fsp3) is 0.312. The first-order chi connectivity index (χ1) is 9.93. The molecule has 0 spiro atoms. The van der Waals surface area contributed by atoms with Gasteiger partial charge >= 0.3 is 6.18 Å². The molecule has 1 aromatic carbocycles. The molecule has 0 radical (unpaired) electrons. The molecule has 0 unspecified atom stereocenters. The SMILES string of the molecule is O=C1CCCc2cn(Cc3cccc(C(F)(F)F)c3)cc21. The first-order valence-corrected chi connectivity index (χ1v) is 6.81. The Morgan fingerprint density at radius 2 is 1.95 bits per heavy atom. The molecule has 5 heteroatoms. The van der Waals surface area contributed by atoms with E-state index in [4.69, 9.17) is 0 Å². The molecule has 1 heterocycles. The Balaban J connectivity index is 1.86.